The highest BCUT2D eigenvalue weighted by molar-refractivity contribution is 7.96. The zero-order valence-electron chi connectivity index (χ0n) is 9.09. The van der Waals surface area contributed by atoms with Gasteiger partial charge in [-0.1, -0.05) is 11.6 Å². The number of carboxylic acid groups (broad SMARTS) is 1. The van der Waals surface area contributed by atoms with Crippen molar-refractivity contribution in [3.8, 4) is 5.75 Å². The lowest BCUT2D eigenvalue weighted by molar-refractivity contribution is -0.137. The van der Waals surface area contributed by atoms with E-state index in [1.54, 1.807) is 0 Å². The minimum absolute atomic E-state index is 0.0404. The third kappa shape index (κ3) is 2.88. The second-order valence-corrected chi connectivity index (χ2v) is 4.93. The van der Waals surface area contributed by atoms with Crippen LogP contribution in [0.2, 0.25) is 5.02 Å². The Morgan fingerprint density at radius 1 is 1.56 bits per heavy atom. The lowest BCUT2D eigenvalue weighted by Crippen LogP contribution is -2.11. The van der Waals surface area contributed by atoms with Crippen molar-refractivity contribution in [1.29, 1.82) is 0 Å². The van der Waals surface area contributed by atoms with Gasteiger partial charge in [-0.25, -0.2) is 4.79 Å². The van der Waals surface area contributed by atoms with Crippen molar-refractivity contribution in [3.63, 3.8) is 0 Å². The van der Waals surface area contributed by atoms with Gasteiger partial charge in [0, 0.05) is 11.4 Å². The largest absolute Gasteiger partial charge is 0.478 e. The molecule has 1 saturated heterocycles. The van der Waals surface area contributed by atoms with Crippen LogP contribution in [0.25, 0.3) is 0 Å². The van der Waals surface area contributed by atoms with Gasteiger partial charge in [0.15, 0.2) is 5.75 Å². The number of hydrogen-bond acceptors (Lipinski definition) is 5. The van der Waals surface area contributed by atoms with E-state index < -0.39 is 11.2 Å². The van der Waals surface area contributed by atoms with Crippen LogP contribution in [0.1, 0.15) is 16.8 Å². The average molecular weight is 289 g/mol. The number of carbonyl (C=O) groups excluding carboxylic acids is 1. The SMILES string of the molecule is O=C(O)c1cc(Cl)ccc1OSC1CCOC1=O. The quantitative estimate of drug-likeness (QED) is 0.677. The first-order valence-electron chi connectivity index (χ1n) is 5.11. The smallest absolute Gasteiger partial charge is 0.339 e. The minimum atomic E-state index is -1.14. The van der Waals surface area contributed by atoms with E-state index in [0.29, 0.717) is 18.1 Å². The Bertz CT molecular complexity index is 490. The van der Waals surface area contributed by atoms with E-state index in [4.69, 9.17) is 25.6 Å². The molecule has 0 aliphatic carbocycles. The van der Waals surface area contributed by atoms with Crippen molar-refractivity contribution in [1.82, 2.24) is 0 Å². The molecule has 0 aromatic heterocycles. The van der Waals surface area contributed by atoms with Crippen molar-refractivity contribution in [2.45, 2.75) is 11.7 Å². The maximum atomic E-state index is 11.2. The Balaban J connectivity index is 2.09. The van der Waals surface area contributed by atoms with Gasteiger partial charge < -0.3 is 14.0 Å². The van der Waals surface area contributed by atoms with Crippen molar-refractivity contribution in [3.05, 3.63) is 28.8 Å². The molecule has 5 nitrogen and oxygen atoms in total. The molecule has 1 aliphatic rings. The molecule has 0 radical (unpaired) electrons. The van der Waals surface area contributed by atoms with Gasteiger partial charge in [0.25, 0.3) is 0 Å². The van der Waals surface area contributed by atoms with Gasteiger partial charge in [0.05, 0.1) is 18.6 Å². The summed E-state index contributed by atoms with van der Waals surface area (Å²) in [6.07, 6.45) is 0.555. The molecule has 7 heteroatoms. The highest BCUT2D eigenvalue weighted by Gasteiger charge is 2.29. The van der Waals surface area contributed by atoms with Gasteiger partial charge in [0.1, 0.15) is 10.8 Å². The Labute approximate surface area is 112 Å². The number of ether oxygens (including phenoxy) is 1. The number of rotatable bonds is 4. The van der Waals surface area contributed by atoms with Crippen LogP contribution in [0, 0.1) is 0 Å². The third-order valence-corrected chi connectivity index (χ3v) is 3.48. The predicted octanol–water partition coefficient (Wildman–Crippen LogP) is 2.38. The van der Waals surface area contributed by atoms with Gasteiger partial charge in [0.2, 0.25) is 0 Å². The van der Waals surface area contributed by atoms with E-state index in [1.165, 1.54) is 18.2 Å². The number of cyclic esters (lactones) is 1. The van der Waals surface area contributed by atoms with Crippen LogP contribution in [0.4, 0.5) is 0 Å². The van der Waals surface area contributed by atoms with Crippen molar-refractivity contribution >= 4 is 35.6 Å². The Morgan fingerprint density at radius 2 is 2.33 bits per heavy atom. The molecule has 2 rings (SSSR count). The van der Waals surface area contributed by atoms with E-state index in [0.717, 1.165) is 12.0 Å². The Hall–Kier alpha value is -1.40. The monoisotopic (exact) mass is 288 g/mol. The molecule has 96 valence electrons. The Morgan fingerprint density at radius 3 is 2.94 bits per heavy atom. The fraction of sp³-hybridized carbons (Fsp3) is 0.273. The molecule has 0 bridgehead atoms. The predicted molar refractivity (Wildman–Crippen MR) is 66.0 cm³/mol. The molecule has 1 aromatic rings. The van der Waals surface area contributed by atoms with Crippen molar-refractivity contribution in [2.24, 2.45) is 0 Å². The molecular formula is C11H9ClO5S. The molecule has 0 saturated carbocycles. The summed E-state index contributed by atoms with van der Waals surface area (Å²) in [5.74, 6) is -1.32. The summed E-state index contributed by atoms with van der Waals surface area (Å²) in [5.41, 5.74) is -0.0404. The fourth-order valence-corrected chi connectivity index (χ4v) is 2.29. The van der Waals surface area contributed by atoms with Crippen LogP contribution < -0.4 is 4.18 Å². The number of hydrogen-bond donors (Lipinski definition) is 1. The first kappa shape index (κ1) is 13.0. The van der Waals surface area contributed by atoms with Crippen LogP contribution >= 0.6 is 23.6 Å². The summed E-state index contributed by atoms with van der Waals surface area (Å²) < 4.78 is 10.1. The lowest BCUT2D eigenvalue weighted by atomic mass is 10.2. The molecule has 1 aliphatic heterocycles. The zero-order valence-corrected chi connectivity index (χ0v) is 10.7. The van der Waals surface area contributed by atoms with Gasteiger partial charge in [-0.05, 0) is 18.2 Å². The van der Waals surface area contributed by atoms with E-state index >= 15 is 0 Å². The second kappa shape index (κ2) is 5.49. The molecule has 18 heavy (non-hydrogen) atoms. The van der Waals surface area contributed by atoms with Crippen LogP contribution in [0.15, 0.2) is 18.2 Å². The van der Waals surface area contributed by atoms with E-state index in [-0.39, 0.29) is 17.3 Å². The molecule has 0 spiro atoms. The first-order chi connectivity index (χ1) is 8.58. The summed E-state index contributed by atoms with van der Waals surface area (Å²) in [7, 11) is 0. The molecule has 1 aromatic carbocycles. The summed E-state index contributed by atoms with van der Waals surface area (Å²) in [6.45, 7) is 0.367. The number of carbonyl (C=O) groups is 2. The van der Waals surface area contributed by atoms with Crippen LogP contribution in [-0.4, -0.2) is 28.9 Å². The maximum absolute atomic E-state index is 11.2. The highest BCUT2D eigenvalue weighted by atomic mass is 35.5. The highest BCUT2D eigenvalue weighted by Crippen LogP contribution is 2.29. The van der Waals surface area contributed by atoms with Gasteiger partial charge in [-0.15, -0.1) is 0 Å². The second-order valence-electron chi connectivity index (χ2n) is 3.57. The molecule has 1 fully saturated rings. The van der Waals surface area contributed by atoms with Crippen LogP contribution in [-0.2, 0) is 9.53 Å². The lowest BCUT2D eigenvalue weighted by Gasteiger charge is -2.09. The molecular weight excluding hydrogens is 280 g/mol. The molecule has 1 unspecified atom stereocenters. The van der Waals surface area contributed by atoms with Gasteiger partial charge in [-0.3, -0.25) is 4.79 Å². The maximum Gasteiger partial charge on any atom is 0.339 e. The van der Waals surface area contributed by atoms with Gasteiger partial charge >= 0.3 is 11.9 Å². The number of esters is 1. The molecule has 0 amide bonds. The number of halogens is 1. The minimum Gasteiger partial charge on any atom is -0.478 e. The van der Waals surface area contributed by atoms with E-state index in [2.05, 4.69) is 0 Å². The van der Waals surface area contributed by atoms with Crippen molar-refractivity contribution in [2.75, 3.05) is 6.61 Å². The fourth-order valence-electron chi connectivity index (χ4n) is 1.42. The summed E-state index contributed by atoms with van der Waals surface area (Å²) in [5, 5.41) is 8.89. The zero-order chi connectivity index (χ0) is 13.1. The topological polar surface area (TPSA) is 72.8 Å². The molecule has 1 N–H and O–H groups in total. The normalized spacial score (nSPS) is 18.5. The first-order valence-corrected chi connectivity index (χ1v) is 6.29. The van der Waals surface area contributed by atoms with Crippen LogP contribution in [0.3, 0.4) is 0 Å². The standard InChI is InChI=1S/C11H9ClO5S/c12-6-1-2-8(7(5-6)10(13)14)17-18-9-3-4-16-11(9)15/h1-2,5,9H,3-4H2,(H,13,14). The third-order valence-electron chi connectivity index (χ3n) is 2.31. The van der Waals surface area contributed by atoms with E-state index in [1.807, 2.05) is 0 Å². The average Bonchev–Trinajstić information content (AvgIpc) is 2.73. The number of carboxylic acids is 1. The molecule has 1 heterocycles. The Kier molecular flexibility index (Phi) is 3.98. The van der Waals surface area contributed by atoms with Gasteiger partial charge in [-0.2, -0.15) is 0 Å². The summed E-state index contributed by atoms with van der Waals surface area (Å²) in [4.78, 5) is 22.2. The number of aromatic carboxylic acids is 1. The van der Waals surface area contributed by atoms with Crippen molar-refractivity contribution < 1.29 is 23.6 Å². The summed E-state index contributed by atoms with van der Waals surface area (Å²) in [6, 6.07) is 4.28. The summed E-state index contributed by atoms with van der Waals surface area (Å²) >= 11 is 6.61. The van der Waals surface area contributed by atoms with Crippen LogP contribution in [0.5, 0.6) is 5.75 Å². The number of benzene rings is 1. The van der Waals surface area contributed by atoms with E-state index in [9.17, 15) is 9.59 Å². The molecule has 1 atom stereocenters.